The predicted octanol–water partition coefficient (Wildman–Crippen LogP) is 1.91. The summed E-state index contributed by atoms with van der Waals surface area (Å²) in [4.78, 5) is 11.3. The number of ether oxygens (including phenoxy) is 2. The van der Waals surface area contributed by atoms with Crippen LogP contribution in [-0.4, -0.2) is 30.2 Å². The van der Waals surface area contributed by atoms with Gasteiger partial charge in [0.2, 0.25) is 5.90 Å². The summed E-state index contributed by atoms with van der Waals surface area (Å²) in [6.45, 7) is 9.22. The van der Waals surface area contributed by atoms with Crippen molar-refractivity contribution in [2.75, 3.05) is 6.61 Å². The fraction of sp³-hybridized carbons (Fsp3) is 0.800. The molecule has 1 atom stereocenters. The van der Waals surface area contributed by atoms with Crippen LogP contribution in [0.15, 0.2) is 0 Å². The average molecular weight is 216 g/mol. The summed E-state index contributed by atoms with van der Waals surface area (Å²) in [7, 11) is 0. The van der Waals surface area contributed by atoms with Crippen molar-refractivity contribution >= 4 is 12.0 Å². The van der Waals surface area contributed by atoms with Crippen LogP contribution < -0.4 is 5.32 Å². The summed E-state index contributed by atoms with van der Waals surface area (Å²) in [6, 6.07) is -0.472. The van der Waals surface area contributed by atoms with Gasteiger partial charge in [-0.3, -0.25) is 5.41 Å². The van der Waals surface area contributed by atoms with Gasteiger partial charge >= 0.3 is 6.09 Å². The second-order valence-electron chi connectivity index (χ2n) is 4.17. The van der Waals surface area contributed by atoms with E-state index in [-0.39, 0.29) is 5.90 Å². The van der Waals surface area contributed by atoms with E-state index in [1.807, 2.05) is 0 Å². The zero-order chi connectivity index (χ0) is 12.1. The molecule has 0 radical (unpaired) electrons. The molecule has 2 N–H and O–H groups in total. The number of nitrogens with one attached hydrogen (secondary N) is 2. The Hall–Kier alpha value is -1.26. The van der Waals surface area contributed by atoms with Crippen LogP contribution in [0.2, 0.25) is 0 Å². The van der Waals surface area contributed by atoms with Gasteiger partial charge in [-0.1, -0.05) is 0 Å². The highest BCUT2D eigenvalue weighted by molar-refractivity contribution is 5.82. The Kier molecular flexibility index (Phi) is 5.11. The van der Waals surface area contributed by atoms with Crippen LogP contribution in [0.5, 0.6) is 0 Å². The highest BCUT2D eigenvalue weighted by Gasteiger charge is 2.19. The maximum Gasteiger partial charge on any atom is 0.408 e. The third-order valence-corrected chi connectivity index (χ3v) is 1.43. The third kappa shape index (κ3) is 6.76. The summed E-state index contributed by atoms with van der Waals surface area (Å²) >= 11 is 0. The van der Waals surface area contributed by atoms with Crippen LogP contribution in [0.4, 0.5) is 4.79 Å². The Morgan fingerprint density at radius 1 is 1.47 bits per heavy atom. The molecule has 5 nitrogen and oxygen atoms in total. The van der Waals surface area contributed by atoms with Crippen molar-refractivity contribution in [1.29, 1.82) is 5.41 Å². The van der Waals surface area contributed by atoms with Crippen molar-refractivity contribution in [2.45, 2.75) is 46.3 Å². The first-order chi connectivity index (χ1) is 6.76. The van der Waals surface area contributed by atoms with Crippen LogP contribution >= 0.6 is 0 Å². The Balaban J connectivity index is 4.02. The standard InChI is InChI=1S/C10H20N2O3/c1-6-14-8(11)7(2)12-9(13)15-10(3,4)5/h7,11H,6H2,1-5H3,(H,12,13). The van der Waals surface area contributed by atoms with Crippen LogP contribution in [0.1, 0.15) is 34.6 Å². The van der Waals surface area contributed by atoms with Crippen molar-refractivity contribution in [3.05, 3.63) is 0 Å². The fourth-order valence-corrected chi connectivity index (χ4v) is 0.830. The highest BCUT2D eigenvalue weighted by Crippen LogP contribution is 2.06. The molecule has 0 saturated carbocycles. The normalized spacial score (nSPS) is 12.9. The molecule has 0 aromatic heterocycles. The minimum absolute atomic E-state index is 0.0309. The minimum atomic E-state index is -0.542. The maximum absolute atomic E-state index is 11.3. The van der Waals surface area contributed by atoms with Crippen LogP contribution in [0, 0.1) is 5.41 Å². The monoisotopic (exact) mass is 216 g/mol. The molecule has 0 rings (SSSR count). The van der Waals surface area contributed by atoms with E-state index in [1.54, 1.807) is 34.6 Å². The van der Waals surface area contributed by atoms with E-state index in [0.29, 0.717) is 6.61 Å². The van der Waals surface area contributed by atoms with E-state index in [2.05, 4.69) is 5.32 Å². The van der Waals surface area contributed by atoms with Crippen molar-refractivity contribution in [3.8, 4) is 0 Å². The molecule has 0 fully saturated rings. The van der Waals surface area contributed by atoms with E-state index in [1.165, 1.54) is 0 Å². The van der Waals surface area contributed by atoms with Gasteiger partial charge in [0, 0.05) is 0 Å². The molecule has 1 unspecified atom stereocenters. The molecule has 0 bridgehead atoms. The molecule has 0 spiro atoms. The first kappa shape index (κ1) is 13.7. The minimum Gasteiger partial charge on any atom is -0.480 e. The summed E-state index contributed by atoms with van der Waals surface area (Å²) in [6.07, 6.45) is -0.542. The van der Waals surface area contributed by atoms with E-state index >= 15 is 0 Å². The molecule has 0 saturated heterocycles. The van der Waals surface area contributed by atoms with Gasteiger partial charge in [0.05, 0.1) is 6.61 Å². The first-order valence-electron chi connectivity index (χ1n) is 4.97. The van der Waals surface area contributed by atoms with Crippen molar-refractivity contribution in [1.82, 2.24) is 5.32 Å². The molecule has 0 aromatic rings. The smallest absolute Gasteiger partial charge is 0.408 e. The Bertz CT molecular complexity index is 233. The summed E-state index contributed by atoms with van der Waals surface area (Å²) in [5.74, 6) is 0.0309. The molecule has 0 aliphatic heterocycles. The lowest BCUT2D eigenvalue weighted by Gasteiger charge is -2.22. The van der Waals surface area contributed by atoms with Crippen LogP contribution in [0.3, 0.4) is 0 Å². The van der Waals surface area contributed by atoms with E-state index in [9.17, 15) is 4.79 Å². The SMILES string of the molecule is CCOC(=N)C(C)NC(=O)OC(C)(C)C. The van der Waals surface area contributed by atoms with E-state index in [0.717, 1.165) is 0 Å². The lowest BCUT2D eigenvalue weighted by molar-refractivity contribution is 0.0515. The average Bonchev–Trinajstić information content (AvgIpc) is 2.00. The summed E-state index contributed by atoms with van der Waals surface area (Å²) in [5, 5.41) is 9.94. The van der Waals surface area contributed by atoms with Crippen LogP contribution in [0.25, 0.3) is 0 Å². The number of carbonyl (C=O) groups excluding carboxylic acids is 1. The molecule has 0 heterocycles. The second-order valence-corrected chi connectivity index (χ2v) is 4.17. The highest BCUT2D eigenvalue weighted by atomic mass is 16.6. The molecule has 5 heteroatoms. The van der Waals surface area contributed by atoms with Gasteiger partial charge in [0.25, 0.3) is 0 Å². The topological polar surface area (TPSA) is 71.4 Å². The maximum atomic E-state index is 11.3. The van der Waals surface area contributed by atoms with Gasteiger partial charge in [0.1, 0.15) is 11.6 Å². The van der Waals surface area contributed by atoms with Gasteiger partial charge < -0.3 is 14.8 Å². The number of rotatable bonds is 3. The molecule has 15 heavy (non-hydrogen) atoms. The van der Waals surface area contributed by atoms with Crippen molar-refractivity contribution in [2.24, 2.45) is 0 Å². The lowest BCUT2D eigenvalue weighted by Crippen LogP contribution is -2.42. The van der Waals surface area contributed by atoms with Gasteiger partial charge in [0.15, 0.2) is 0 Å². The zero-order valence-electron chi connectivity index (χ0n) is 10.0. The van der Waals surface area contributed by atoms with Gasteiger partial charge in [-0.05, 0) is 34.6 Å². The van der Waals surface area contributed by atoms with Crippen molar-refractivity contribution < 1.29 is 14.3 Å². The fourth-order valence-electron chi connectivity index (χ4n) is 0.830. The van der Waals surface area contributed by atoms with E-state index in [4.69, 9.17) is 14.9 Å². The molecular weight excluding hydrogens is 196 g/mol. The summed E-state index contributed by atoms with van der Waals surface area (Å²) in [5.41, 5.74) is -0.530. The predicted molar refractivity (Wildman–Crippen MR) is 58.2 cm³/mol. The Labute approximate surface area is 90.6 Å². The van der Waals surface area contributed by atoms with E-state index < -0.39 is 17.7 Å². The zero-order valence-corrected chi connectivity index (χ0v) is 10.0. The van der Waals surface area contributed by atoms with Gasteiger partial charge in [-0.15, -0.1) is 0 Å². The largest absolute Gasteiger partial charge is 0.480 e. The lowest BCUT2D eigenvalue weighted by atomic mass is 10.2. The summed E-state index contributed by atoms with van der Waals surface area (Å²) < 4.78 is 9.98. The molecule has 0 aromatic carbocycles. The number of amides is 1. The van der Waals surface area contributed by atoms with Gasteiger partial charge in [-0.25, -0.2) is 4.79 Å². The number of hydrogen-bond donors (Lipinski definition) is 2. The van der Waals surface area contributed by atoms with Crippen LogP contribution in [-0.2, 0) is 9.47 Å². The van der Waals surface area contributed by atoms with Gasteiger partial charge in [-0.2, -0.15) is 0 Å². The number of carbonyl (C=O) groups is 1. The Morgan fingerprint density at radius 2 is 2.00 bits per heavy atom. The second kappa shape index (κ2) is 5.58. The number of hydrogen-bond acceptors (Lipinski definition) is 4. The number of alkyl carbamates (subject to hydrolysis) is 1. The third-order valence-electron chi connectivity index (χ3n) is 1.43. The first-order valence-corrected chi connectivity index (χ1v) is 4.97. The molecule has 88 valence electrons. The molecule has 0 aliphatic carbocycles. The molecular formula is C10H20N2O3. The van der Waals surface area contributed by atoms with Crippen molar-refractivity contribution in [3.63, 3.8) is 0 Å². The quantitative estimate of drug-likeness (QED) is 0.559. The molecule has 1 amide bonds. The Morgan fingerprint density at radius 3 is 2.40 bits per heavy atom. The molecule has 0 aliphatic rings.